The van der Waals surface area contributed by atoms with Gasteiger partial charge in [-0.2, -0.15) is 0 Å². The summed E-state index contributed by atoms with van der Waals surface area (Å²) in [6.07, 6.45) is 0. The Labute approximate surface area is 286 Å². The van der Waals surface area contributed by atoms with Gasteiger partial charge < -0.3 is 8.83 Å². The molecule has 2 heterocycles. The molecule has 0 saturated heterocycles. The van der Waals surface area contributed by atoms with Gasteiger partial charge in [0.15, 0.2) is 0 Å². The highest BCUT2D eigenvalue weighted by Crippen LogP contribution is 2.47. The second-order valence-corrected chi connectivity index (χ2v) is 12.2. The fraction of sp³-hybridized carbons (Fsp3) is 0. The monoisotopic (exact) mass is 618 g/mol. The summed E-state index contributed by atoms with van der Waals surface area (Å²) in [5, 5.41) is 7.61. The van der Waals surface area contributed by atoms with Gasteiger partial charge in [0.2, 0.25) is 0 Å². The molecular formula is C46H26O2. The molecule has 0 aliphatic carbocycles. The van der Waals surface area contributed by atoms with E-state index < -0.39 is 24.2 Å². The smallest absolute Gasteiger partial charge is 0.147 e. The minimum absolute atomic E-state index is 0.152. The molecule has 0 amide bonds. The van der Waals surface area contributed by atoms with E-state index in [1.165, 1.54) is 0 Å². The van der Waals surface area contributed by atoms with Gasteiger partial charge in [-0.3, -0.25) is 0 Å². The van der Waals surface area contributed by atoms with E-state index in [-0.39, 0.29) is 51.3 Å². The first-order valence-corrected chi connectivity index (χ1v) is 15.8. The topological polar surface area (TPSA) is 26.3 Å². The Balaban J connectivity index is 1.35. The molecule has 2 aromatic heterocycles. The first-order chi connectivity index (χ1) is 27.1. The van der Waals surface area contributed by atoms with Crippen LogP contribution in [0, 0.1) is 0 Å². The van der Waals surface area contributed by atoms with Crippen molar-refractivity contribution in [2.24, 2.45) is 0 Å². The highest BCUT2D eigenvalue weighted by atomic mass is 16.3. The molecule has 9 aromatic carbocycles. The molecule has 11 aromatic rings. The van der Waals surface area contributed by atoms with Gasteiger partial charge in [0.25, 0.3) is 0 Å². The van der Waals surface area contributed by atoms with Crippen LogP contribution in [-0.2, 0) is 0 Å². The minimum atomic E-state index is -0.447. The molecule has 0 bridgehead atoms. The summed E-state index contributed by atoms with van der Waals surface area (Å²) in [4.78, 5) is 0. The Morgan fingerprint density at radius 3 is 1.79 bits per heavy atom. The fourth-order valence-electron chi connectivity index (χ4n) is 7.64. The summed E-state index contributed by atoms with van der Waals surface area (Å²) in [5.74, 6) is 0. The van der Waals surface area contributed by atoms with Gasteiger partial charge in [-0.25, -0.2) is 0 Å². The highest BCUT2D eigenvalue weighted by molar-refractivity contribution is 6.27. The lowest BCUT2D eigenvalue weighted by Gasteiger charge is -2.19. The average Bonchev–Trinajstić information content (AvgIpc) is 3.80. The minimum Gasteiger partial charge on any atom is -0.456 e. The molecule has 0 N–H and O–H groups in total. The van der Waals surface area contributed by atoms with E-state index in [0.29, 0.717) is 33.4 Å². The maximum atomic E-state index is 9.46. The van der Waals surface area contributed by atoms with Crippen molar-refractivity contribution in [3.63, 3.8) is 0 Å². The Morgan fingerprint density at radius 1 is 0.396 bits per heavy atom. The van der Waals surface area contributed by atoms with Crippen molar-refractivity contribution in [3.05, 3.63) is 158 Å². The summed E-state index contributed by atoms with van der Waals surface area (Å²) in [6, 6.07) is 31.7. The summed E-state index contributed by atoms with van der Waals surface area (Å²) in [5.41, 5.74) is 4.21. The number of fused-ring (bicyclic) bond motifs is 12. The number of para-hydroxylation sites is 1. The number of benzene rings is 9. The van der Waals surface area contributed by atoms with Crippen LogP contribution in [0.1, 0.15) is 11.0 Å². The predicted molar refractivity (Wildman–Crippen MR) is 202 cm³/mol. The van der Waals surface area contributed by atoms with Gasteiger partial charge >= 0.3 is 0 Å². The van der Waals surface area contributed by atoms with E-state index in [1.54, 1.807) is 6.07 Å². The molecule has 11 rings (SSSR count). The van der Waals surface area contributed by atoms with Gasteiger partial charge in [0.1, 0.15) is 22.3 Å². The maximum Gasteiger partial charge on any atom is 0.147 e. The first-order valence-electron chi connectivity index (χ1n) is 19.8. The molecule has 2 nitrogen and oxygen atoms in total. The van der Waals surface area contributed by atoms with E-state index >= 15 is 0 Å². The summed E-state index contributed by atoms with van der Waals surface area (Å²) >= 11 is 0. The maximum absolute atomic E-state index is 9.46. The third-order valence-corrected chi connectivity index (χ3v) is 9.68. The van der Waals surface area contributed by atoms with Crippen molar-refractivity contribution in [2.75, 3.05) is 0 Å². The van der Waals surface area contributed by atoms with Crippen LogP contribution in [-0.4, -0.2) is 0 Å². The number of furan rings is 2. The molecule has 0 radical (unpaired) electrons. The third-order valence-electron chi connectivity index (χ3n) is 9.68. The van der Waals surface area contributed by atoms with Crippen LogP contribution in [0.2, 0.25) is 0 Å². The summed E-state index contributed by atoms with van der Waals surface area (Å²) < 4.78 is 86.1. The molecule has 0 unspecified atom stereocenters. The Kier molecular flexibility index (Phi) is 3.85. The number of hydrogen-bond donors (Lipinski definition) is 0. The van der Waals surface area contributed by atoms with Crippen LogP contribution in [0.4, 0.5) is 0 Å². The largest absolute Gasteiger partial charge is 0.456 e. The normalized spacial score (nSPS) is 14.5. The van der Waals surface area contributed by atoms with Crippen molar-refractivity contribution in [2.45, 2.75) is 0 Å². The summed E-state index contributed by atoms with van der Waals surface area (Å²) in [7, 11) is 0. The lowest BCUT2D eigenvalue weighted by Crippen LogP contribution is -1.92. The van der Waals surface area contributed by atoms with Crippen molar-refractivity contribution in [1.82, 2.24) is 0 Å². The molecular weight excluding hydrogens is 585 g/mol. The SMILES string of the molecule is [2H]c1c([2H])c([2H])c2c(-c3cc4ccccc4c4ccccc34)c3c([2H])c([2H])c([2H])c([2H])c3c(-c3ccc4c(c3)oc3c4ccc4oc5ccccc5c43)c2c1[2H]. The highest BCUT2D eigenvalue weighted by Gasteiger charge is 2.21. The summed E-state index contributed by atoms with van der Waals surface area (Å²) in [6.45, 7) is 0. The molecule has 0 spiro atoms. The van der Waals surface area contributed by atoms with Crippen LogP contribution in [0.15, 0.2) is 166 Å². The second-order valence-electron chi connectivity index (χ2n) is 12.2. The molecule has 0 atom stereocenters. The molecule has 222 valence electrons. The molecule has 0 aliphatic rings. The third kappa shape index (κ3) is 3.46. The zero-order valence-electron chi connectivity index (χ0n) is 33.2. The second kappa shape index (κ2) is 9.57. The van der Waals surface area contributed by atoms with E-state index in [4.69, 9.17) is 14.3 Å². The Hall–Kier alpha value is -6.38. The molecule has 0 aliphatic heterocycles. The van der Waals surface area contributed by atoms with Crippen molar-refractivity contribution >= 4 is 87.0 Å². The zero-order chi connectivity index (χ0) is 38.3. The van der Waals surface area contributed by atoms with Crippen LogP contribution in [0.5, 0.6) is 0 Å². The fourth-order valence-corrected chi connectivity index (χ4v) is 7.64. The van der Waals surface area contributed by atoms with E-state index in [9.17, 15) is 5.48 Å². The molecule has 0 fully saturated rings. The van der Waals surface area contributed by atoms with Crippen LogP contribution in [0.3, 0.4) is 0 Å². The van der Waals surface area contributed by atoms with E-state index in [2.05, 4.69) is 0 Å². The lowest BCUT2D eigenvalue weighted by atomic mass is 9.84. The van der Waals surface area contributed by atoms with E-state index in [0.717, 1.165) is 48.7 Å². The van der Waals surface area contributed by atoms with Gasteiger partial charge in [-0.05, 0) is 102 Å². The van der Waals surface area contributed by atoms with Gasteiger partial charge in [-0.15, -0.1) is 0 Å². The van der Waals surface area contributed by atoms with Crippen LogP contribution >= 0.6 is 0 Å². The lowest BCUT2D eigenvalue weighted by molar-refractivity contribution is 0.663. The van der Waals surface area contributed by atoms with Gasteiger partial charge in [-0.1, -0.05) is 121 Å². The average molecular weight is 619 g/mol. The first kappa shape index (κ1) is 19.3. The van der Waals surface area contributed by atoms with Crippen molar-refractivity contribution in [1.29, 1.82) is 0 Å². The van der Waals surface area contributed by atoms with E-state index in [1.807, 2.05) is 103 Å². The predicted octanol–water partition coefficient (Wildman–Crippen LogP) is 13.4. The van der Waals surface area contributed by atoms with Crippen LogP contribution in [0.25, 0.3) is 109 Å². The molecule has 48 heavy (non-hydrogen) atoms. The van der Waals surface area contributed by atoms with Crippen LogP contribution < -0.4 is 0 Å². The molecule has 0 saturated carbocycles. The zero-order valence-corrected chi connectivity index (χ0v) is 25.2. The van der Waals surface area contributed by atoms with Gasteiger partial charge in [0.05, 0.1) is 16.4 Å². The van der Waals surface area contributed by atoms with Gasteiger partial charge in [0, 0.05) is 16.2 Å². The standard InChI is InChI=1S/C46H26O2/c1-2-12-29-27(11-1)25-39(31-14-4-3-13-30(29)31)44-35-17-7-5-15-33(35)43(34-16-6-8-18-36(34)44)28-21-22-32-37-23-24-41-45(46(37)48-42(32)26-28)38-19-9-10-20-40(38)47-41/h1-26H/i5D,6D,7D,8D,15D,16D,17D,18D. The Bertz CT molecular complexity index is 3500. The number of rotatable bonds is 2. The van der Waals surface area contributed by atoms with Crippen molar-refractivity contribution in [3.8, 4) is 22.3 Å². The number of hydrogen-bond acceptors (Lipinski definition) is 2. The molecule has 2 heteroatoms. The Morgan fingerprint density at radius 2 is 1.02 bits per heavy atom. The van der Waals surface area contributed by atoms with Crippen molar-refractivity contribution < 1.29 is 19.8 Å². The quantitative estimate of drug-likeness (QED) is 0.142.